The molecule has 0 amide bonds. The highest BCUT2D eigenvalue weighted by Crippen LogP contribution is 2.29. The van der Waals surface area contributed by atoms with Crippen LogP contribution in [0.3, 0.4) is 0 Å². The quantitative estimate of drug-likeness (QED) is 0.904. The molecule has 4 heteroatoms. The fraction of sp³-hybridized carbons (Fsp3) is 0.625. The van der Waals surface area contributed by atoms with Gasteiger partial charge >= 0.3 is 0 Å². The average molecular weight is 276 g/mol. The first kappa shape index (κ1) is 13.9. The van der Waals surface area contributed by atoms with E-state index in [0.29, 0.717) is 18.7 Å². The van der Waals surface area contributed by atoms with Crippen molar-refractivity contribution in [1.82, 2.24) is 4.90 Å². The summed E-state index contributed by atoms with van der Waals surface area (Å²) in [6.07, 6.45) is 3.76. The van der Waals surface area contributed by atoms with Crippen molar-refractivity contribution < 1.29 is 9.47 Å². The first-order chi connectivity index (χ1) is 9.80. The number of para-hydroxylation sites is 1. The fourth-order valence-corrected chi connectivity index (χ4v) is 3.38. The molecule has 110 valence electrons. The number of fused-ring (bicyclic) bond motifs is 1. The van der Waals surface area contributed by atoms with Crippen LogP contribution in [0.2, 0.25) is 0 Å². The van der Waals surface area contributed by atoms with Gasteiger partial charge in [-0.25, -0.2) is 0 Å². The van der Waals surface area contributed by atoms with Crippen molar-refractivity contribution in [2.24, 2.45) is 5.73 Å². The Labute approximate surface area is 120 Å². The monoisotopic (exact) mass is 276 g/mol. The van der Waals surface area contributed by atoms with Crippen molar-refractivity contribution in [3.05, 3.63) is 29.8 Å². The number of piperidine rings is 1. The third kappa shape index (κ3) is 2.82. The molecular formula is C16H24N2O2. The number of nitrogens with two attached hydrogens (primary N) is 1. The van der Waals surface area contributed by atoms with E-state index in [-0.39, 0.29) is 6.10 Å². The predicted octanol–water partition coefficient (Wildman–Crippen LogP) is 1.43. The van der Waals surface area contributed by atoms with E-state index in [1.54, 1.807) is 7.11 Å². The molecular weight excluding hydrogens is 252 g/mol. The number of likely N-dealkylation sites (tertiary alicyclic amines) is 1. The smallest absolute Gasteiger partial charge is 0.123 e. The van der Waals surface area contributed by atoms with Crippen molar-refractivity contribution in [3.63, 3.8) is 0 Å². The summed E-state index contributed by atoms with van der Waals surface area (Å²) in [4.78, 5) is 2.48. The summed E-state index contributed by atoms with van der Waals surface area (Å²) in [5.74, 6) is 1.05. The van der Waals surface area contributed by atoms with Crippen LogP contribution in [0.5, 0.6) is 5.75 Å². The third-order valence-electron chi connectivity index (χ3n) is 4.55. The predicted molar refractivity (Wildman–Crippen MR) is 79.0 cm³/mol. The minimum Gasteiger partial charge on any atom is -0.488 e. The Morgan fingerprint density at radius 3 is 3.00 bits per heavy atom. The summed E-state index contributed by atoms with van der Waals surface area (Å²) < 4.78 is 11.5. The Bertz CT molecular complexity index is 427. The van der Waals surface area contributed by atoms with E-state index in [4.69, 9.17) is 15.2 Å². The summed E-state index contributed by atoms with van der Waals surface area (Å²) in [5.41, 5.74) is 7.26. The van der Waals surface area contributed by atoms with Gasteiger partial charge in [0, 0.05) is 39.2 Å². The van der Waals surface area contributed by atoms with E-state index in [1.165, 1.54) is 5.56 Å². The van der Waals surface area contributed by atoms with Gasteiger partial charge in [0.05, 0.1) is 6.10 Å². The maximum absolute atomic E-state index is 6.04. The maximum Gasteiger partial charge on any atom is 0.123 e. The largest absolute Gasteiger partial charge is 0.488 e. The van der Waals surface area contributed by atoms with Gasteiger partial charge in [-0.2, -0.15) is 0 Å². The standard InChI is InChI=1S/C16H24N2O2/c1-19-14-6-7-18(13(9-14)10-17)11-15-8-12-4-2-3-5-16(12)20-15/h2-5,13-15H,6-11,17H2,1H3. The van der Waals surface area contributed by atoms with Crippen LogP contribution in [0, 0.1) is 0 Å². The highest BCUT2D eigenvalue weighted by Gasteiger charge is 2.31. The van der Waals surface area contributed by atoms with Gasteiger partial charge in [-0.3, -0.25) is 4.90 Å². The Balaban J connectivity index is 1.59. The van der Waals surface area contributed by atoms with Crippen LogP contribution in [-0.2, 0) is 11.2 Å². The second-order valence-electron chi connectivity index (χ2n) is 5.82. The Hall–Kier alpha value is -1.10. The molecule has 1 aromatic carbocycles. The van der Waals surface area contributed by atoms with Crippen LogP contribution in [-0.4, -0.2) is 49.9 Å². The number of hydrogen-bond acceptors (Lipinski definition) is 4. The molecule has 0 aliphatic carbocycles. The normalized spacial score (nSPS) is 30.0. The van der Waals surface area contributed by atoms with Gasteiger partial charge in [0.25, 0.3) is 0 Å². The molecule has 0 radical (unpaired) electrons. The summed E-state index contributed by atoms with van der Waals surface area (Å²) in [5, 5.41) is 0. The molecule has 2 N–H and O–H groups in total. The fourth-order valence-electron chi connectivity index (χ4n) is 3.38. The molecule has 3 unspecified atom stereocenters. The number of benzene rings is 1. The van der Waals surface area contributed by atoms with E-state index in [2.05, 4.69) is 23.1 Å². The molecule has 2 aliphatic heterocycles. The van der Waals surface area contributed by atoms with Gasteiger partial charge in [-0.1, -0.05) is 18.2 Å². The minimum atomic E-state index is 0.264. The van der Waals surface area contributed by atoms with E-state index < -0.39 is 0 Å². The molecule has 1 fully saturated rings. The Kier molecular flexibility index (Phi) is 4.24. The van der Waals surface area contributed by atoms with E-state index in [9.17, 15) is 0 Å². The number of hydrogen-bond donors (Lipinski definition) is 1. The summed E-state index contributed by atoms with van der Waals surface area (Å²) in [6, 6.07) is 8.76. The molecule has 2 heterocycles. The Morgan fingerprint density at radius 2 is 2.25 bits per heavy atom. The molecule has 0 aromatic heterocycles. The Morgan fingerprint density at radius 1 is 1.40 bits per heavy atom. The van der Waals surface area contributed by atoms with Gasteiger partial charge in [-0.05, 0) is 24.5 Å². The van der Waals surface area contributed by atoms with Gasteiger partial charge in [0.15, 0.2) is 0 Å². The molecule has 20 heavy (non-hydrogen) atoms. The zero-order valence-corrected chi connectivity index (χ0v) is 12.1. The van der Waals surface area contributed by atoms with Crippen molar-refractivity contribution in [3.8, 4) is 5.75 Å². The van der Waals surface area contributed by atoms with Gasteiger partial charge in [0.2, 0.25) is 0 Å². The molecule has 3 atom stereocenters. The van der Waals surface area contributed by atoms with Crippen molar-refractivity contribution in [1.29, 1.82) is 0 Å². The number of rotatable bonds is 4. The van der Waals surface area contributed by atoms with Crippen molar-refractivity contribution >= 4 is 0 Å². The minimum absolute atomic E-state index is 0.264. The second-order valence-corrected chi connectivity index (χ2v) is 5.82. The number of nitrogens with zero attached hydrogens (tertiary/aromatic N) is 1. The molecule has 3 rings (SSSR count). The SMILES string of the molecule is COC1CCN(CC2Cc3ccccc3O2)C(CN)C1. The lowest BCUT2D eigenvalue weighted by atomic mass is 9.98. The lowest BCUT2D eigenvalue weighted by Crippen LogP contribution is -2.51. The topological polar surface area (TPSA) is 47.7 Å². The lowest BCUT2D eigenvalue weighted by Gasteiger charge is -2.39. The molecule has 4 nitrogen and oxygen atoms in total. The van der Waals surface area contributed by atoms with Crippen LogP contribution < -0.4 is 10.5 Å². The maximum atomic E-state index is 6.04. The molecule has 0 saturated carbocycles. The summed E-state index contributed by atoms with van der Waals surface area (Å²) in [7, 11) is 1.80. The molecule has 2 aliphatic rings. The lowest BCUT2D eigenvalue weighted by molar-refractivity contribution is 0.00163. The highest BCUT2D eigenvalue weighted by molar-refractivity contribution is 5.37. The molecule has 0 spiro atoms. The molecule has 0 bridgehead atoms. The van der Waals surface area contributed by atoms with E-state index in [1.807, 2.05) is 6.07 Å². The van der Waals surface area contributed by atoms with Crippen LogP contribution in [0.25, 0.3) is 0 Å². The van der Waals surface area contributed by atoms with Gasteiger partial charge in [-0.15, -0.1) is 0 Å². The molecule has 1 aromatic rings. The number of ether oxygens (including phenoxy) is 2. The highest BCUT2D eigenvalue weighted by atomic mass is 16.5. The van der Waals surface area contributed by atoms with Crippen LogP contribution in [0.4, 0.5) is 0 Å². The molecule has 1 saturated heterocycles. The van der Waals surface area contributed by atoms with Crippen molar-refractivity contribution in [2.75, 3.05) is 26.7 Å². The first-order valence-electron chi connectivity index (χ1n) is 7.51. The summed E-state index contributed by atoms with van der Waals surface area (Å²) in [6.45, 7) is 2.71. The number of methoxy groups -OCH3 is 1. The van der Waals surface area contributed by atoms with Crippen LogP contribution in [0.1, 0.15) is 18.4 Å². The average Bonchev–Trinajstić information content (AvgIpc) is 2.90. The van der Waals surface area contributed by atoms with Crippen LogP contribution >= 0.6 is 0 Å². The summed E-state index contributed by atoms with van der Waals surface area (Å²) >= 11 is 0. The van der Waals surface area contributed by atoms with E-state index >= 15 is 0 Å². The van der Waals surface area contributed by atoms with Gasteiger partial charge in [0.1, 0.15) is 11.9 Å². The third-order valence-corrected chi connectivity index (χ3v) is 4.55. The second kappa shape index (κ2) is 6.12. The van der Waals surface area contributed by atoms with Crippen molar-refractivity contribution in [2.45, 2.75) is 37.5 Å². The van der Waals surface area contributed by atoms with Gasteiger partial charge < -0.3 is 15.2 Å². The zero-order valence-electron chi connectivity index (χ0n) is 12.1. The van der Waals surface area contributed by atoms with Crippen LogP contribution in [0.15, 0.2) is 24.3 Å². The zero-order chi connectivity index (χ0) is 13.9. The van der Waals surface area contributed by atoms with E-state index in [0.717, 1.165) is 38.1 Å². The first-order valence-corrected chi connectivity index (χ1v) is 7.51.